The minimum atomic E-state index is 0.568. The van der Waals surface area contributed by atoms with Crippen LogP contribution in [0.1, 0.15) is 53.4 Å². The van der Waals surface area contributed by atoms with E-state index in [0.29, 0.717) is 18.5 Å². The van der Waals surface area contributed by atoms with Gasteiger partial charge in [-0.1, -0.05) is 13.8 Å². The maximum atomic E-state index is 8.71. The highest BCUT2D eigenvalue weighted by atomic mass is 15.2. The summed E-state index contributed by atoms with van der Waals surface area (Å²) in [6, 6.07) is 3.55. The Balaban J connectivity index is 2.55. The summed E-state index contributed by atoms with van der Waals surface area (Å²) in [6.07, 6.45) is 4.64. The molecule has 2 heteroatoms. The zero-order valence-electron chi connectivity index (χ0n) is 11.2. The molecule has 0 heterocycles. The Kier molecular flexibility index (Phi) is 5.28. The minimum Gasteiger partial charge on any atom is -0.297 e. The van der Waals surface area contributed by atoms with E-state index in [2.05, 4.69) is 38.7 Å². The second-order valence-electron chi connectivity index (χ2n) is 5.66. The lowest BCUT2D eigenvalue weighted by atomic mass is 9.78. The summed E-state index contributed by atoms with van der Waals surface area (Å²) in [4.78, 5) is 2.53. The fraction of sp³-hybridized carbons (Fsp3) is 0.929. The highest BCUT2D eigenvalue weighted by molar-refractivity contribution is 4.85. The summed E-state index contributed by atoms with van der Waals surface area (Å²) in [6.45, 7) is 10.2. The molecule has 0 N–H and O–H groups in total. The van der Waals surface area contributed by atoms with E-state index in [0.717, 1.165) is 18.4 Å². The molecule has 0 aromatic heterocycles. The third-order valence-electron chi connectivity index (χ3n) is 4.18. The number of rotatable bonds is 4. The molecule has 1 aliphatic rings. The van der Waals surface area contributed by atoms with Crippen molar-refractivity contribution in [2.45, 2.75) is 65.5 Å². The Morgan fingerprint density at radius 3 is 2.44 bits per heavy atom. The fourth-order valence-corrected chi connectivity index (χ4v) is 2.86. The molecule has 1 aliphatic carbocycles. The van der Waals surface area contributed by atoms with Crippen LogP contribution in [0.15, 0.2) is 0 Å². The maximum Gasteiger partial charge on any atom is 0.0635 e. The lowest BCUT2D eigenvalue weighted by Gasteiger charge is -2.41. The van der Waals surface area contributed by atoms with E-state index in [9.17, 15) is 0 Å². The summed E-state index contributed by atoms with van der Waals surface area (Å²) >= 11 is 0. The van der Waals surface area contributed by atoms with Gasteiger partial charge in [-0.05, 0) is 44.9 Å². The molecule has 3 unspecified atom stereocenters. The first kappa shape index (κ1) is 13.5. The molecule has 16 heavy (non-hydrogen) atoms. The molecule has 1 fully saturated rings. The van der Waals surface area contributed by atoms with Crippen molar-refractivity contribution in [3.05, 3.63) is 0 Å². The van der Waals surface area contributed by atoms with E-state index in [4.69, 9.17) is 5.26 Å². The van der Waals surface area contributed by atoms with Gasteiger partial charge in [0.1, 0.15) is 0 Å². The largest absolute Gasteiger partial charge is 0.297 e. The third-order valence-corrected chi connectivity index (χ3v) is 4.18. The number of nitriles is 1. The van der Waals surface area contributed by atoms with Crippen molar-refractivity contribution < 1.29 is 0 Å². The zero-order chi connectivity index (χ0) is 12.1. The maximum absolute atomic E-state index is 8.71. The standard InChI is InChI=1S/C14H26N2/c1-11(2)16(9-5-8-15)14-7-6-12(3)13(4)10-14/h11-14H,5-7,9-10H2,1-4H3. The van der Waals surface area contributed by atoms with Crippen LogP contribution in [-0.4, -0.2) is 23.5 Å². The van der Waals surface area contributed by atoms with E-state index < -0.39 is 0 Å². The normalized spacial score (nSPS) is 30.7. The van der Waals surface area contributed by atoms with E-state index in [1.807, 2.05) is 0 Å². The van der Waals surface area contributed by atoms with Crippen molar-refractivity contribution in [3.8, 4) is 6.07 Å². The highest BCUT2D eigenvalue weighted by Gasteiger charge is 2.29. The van der Waals surface area contributed by atoms with Crippen molar-refractivity contribution in [2.75, 3.05) is 6.54 Å². The van der Waals surface area contributed by atoms with Crippen LogP contribution in [0.5, 0.6) is 0 Å². The number of hydrogen-bond donors (Lipinski definition) is 0. The Morgan fingerprint density at radius 1 is 1.25 bits per heavy atom. The number of hydrogen-bond acceptors (Lipinski definition) is 2. The van der Waals surface area contributed by atoms with Crippen molar-refractivity contribution in [2.24, 2.45) is 11.8 Å². The van der Waals surface area contributed by atoms with E-state index in [1.54, 1.807) is 0 Å². The summed E-state index contributed by atoms with van der Waals surface area (Å²) in [7, 11) is 0. The van der Waals surface area contributed by atoms with Gasteiger partial charge in [-0.3, -0.25) is 4.90 Å². The van der Waals surface area contributed by atoms with Gasteiger partial charge in [0.05, 0.1) is 6.07 Å². The molecule has 0 radical (unpaired) electrons. The van der Waals surface area contributed by atoms with Gasteiger partial charge in [0.25, 0.3) is 0 Å². The summed E-state index contributed by atoms with van der Waals surface area (Å²) in [5.74, 6) is 1.71. The van der Waals surface area contributed by atoms with Crippen molar-refractivity contribution in [1.29, 1.82) is 5.26 Å². The molecular weight excluding hydrogens is 196 g/mol. The van der Waals surface area contributed by atoms with Crippen LogP contribution in [0.2, 0.25) is 0 Å². The molecule has 1 saturated carbocycles. The highest BCUT2D eigenvalue weighted by Crippen LogP contribution is 2.32. The van der Waals surface area contributed by atoms with Gasteiger partial charge in [0.15, 0.2) is 0 Å². The zero-order valence-corrected chi connectivity index (χ0v) is 11.2. The summed E-state index contributed by atoms with van der Waals surface area (Å²) < 4.78 is 0. The molecule has 92 valence electrons. The number of nitrogens with zero attached hydrogens (tertiary/aromatic N) is 2. The van der Waals surface area contributed by atoms with Gasteiger partial charge < -0.3 is 0 Å². The van der Waals surface area contributed by atoms with E-state index in [1.165, 1.54) is 19.3 Å². The van der Waals surface area contributed by atoms with Crippen LogP contribution in [0.4, 0.5) is 0 Å². The first-order chi connectivity index (χ1) is 7.56. The lowest BCUT2D eigenvalue weighted by Crippen LogP contribution is -2.44. The van der Waals surface area contributed by atoms with Crippen molar-refractivity contribution in [3.63, 3.8) is 0 Å². The second-order valence-corrected chi connectivity index (χ2v) is 5.66. The molecule has 1 rings (SSSR count). The Hall–Kier alpha value is -0.550. The molecule has 0 aliphatic heterocycles. The van der Waals surface area contributed by atoms with Gasteiger partial charge in [0, 0.05) is 25.0 Å². The van der Waals surface area contributed by atoms with Crippen molar-refractivity contribution in [1.82, 2.24) is 4.90 Å². The average molecular weight is 222 g/mol. The lowest BCUT2D eigenvalue weighted by molar-refractivity contribution is 0.0853. The van der Waals surface area contributed by atoms with Gasteiger partial charge >= 0.3 is 0 Å². The predicted molar refractivity (Wildman–Crippen MR) is 68.0 cm³/mol. The molecule has 2 nitrogen and oxygen atoms in total. The first-order valence-electron chi connectivity index (χ1n) is 6.69. The van der Waals surface area contributed by atoms with Gasteiger partial charge in [-0.2, -0.15) is 5.26 Å². The van der Waals surface area contributed by atoms with E-state index >= 15 is 0 Å². The topological polar surface area (TPSA) is 27.0 Å². The summed E-state index contributed by atoms with van der Waals surface area (Å²) in [5.41, 5.74) is 0. The van der Waals surface area contributed by atoms with E-state index in [-0.39, 0.29) is 0 Å². The molecule has 3 atom stereocenters. The van der Waals surface area contributed by atoms with Crippen LogP contribution in [0, 0.1) is 23.2 Å². The van der Waals surface area contributed by atoms with Gasteiger partial charge in [-0.25, -0.2) is 0 Å². The molecule has 0 spiro atoms. The van der Waals surface area contributed by atoms with Crippen LogP contribution >= 0.6 is 0 Å². The molecule has 0 bridgehead atoms. The van der Waals surface area contributed by atoms with Crippen LogP contribution < -0.4 is 0 Å². The molecule has 0 saturated heterocycles. The van der Waals surface area contributed by atoms with Gasteiger partial charge in [0.2, 0.25) is 0 Å². The summed E-state index contributed by atoms with van der Waals surface area (Å²) in [5, 5.41) is 8.71. The smallest absolute Gasteiger partial charge is 0.0635 e. The van der Waals surface area contributed by atoms with Crippen LogP contribution in [-0.2, 0) is 0 Å². The monoisotopic (exact) mass is 222 g/mol. The Morgan fingerprint density at radius 2 is 1.94 bits per heavy atom. The molecule has 0 amide bonds. The fourth-order valence-electron chi connectivity index (χ4n) is 2.86. The Bertz CT molecular complexity index is 242. The van der Waals surface area contributed by atoms with Gasteiger partial charge in [-0.15, -0.1) is 0 Å². The third kappa shape index (κ3) is 3.49. The SMILES string of the molecule is CC1CCC(N(CCC#N)C(C)C)CC1C. The Labute approximate surface area is 101 Å². The molecule has 0 aromatic carbocycles. The molecule has 0 aromatic rings. The minimum absolute atomic E-state index is 0.568. The first-order valence-corrected chi connectivity index (χ1v) is 6.69. The van der Waals surface area contributed by atoms with Crippen molar-refractivity contribution >= 4 is 0 Å². The average Bonchev–Trinajstić information content (AvgIpc) is 2.23. The predicted octanol–water partition coefficient (Wildman–Crippen LogP) is 3.44. The second kappa shape index (κ2) is 6.25. The molecular formula is C14H26N2. The van der Waals surface area contributed by atoms with Crippen LogP contribution in [0.25, 0.3) is 0 Å². The van der Waals surface area contributed by atoms with Crippen LogP contribution in [0.3, 0.4) is 0 Å². The quantitative estimate of drug-likeness (QED) is 0.728.